The minimum atomic E-state index is -0.784. The molecule has 0 spiro atoms. The van der Waals surface area contributed by atoms with Gasteiger partial charge in [0.2, 0.25) is 0 Å². The van der Waals surface area contributed by atoms with Crippen molar-refractivity contribution in [2.45, 2.75) is 18.9 Å². The molecule has 4 N–H and O–H groups in total. The zero-order chi connectivity index (χ0) is 22.5. The maximum atomic E-state index is 12.4. The lowest BCUT2D eigenvalue weighted by Gasteiger charge is -2.11. The van der Waals surface area contributed by atoms with Crippen LogP contribution in [0.15, 0.2) is 60.8 Å². The molecule has 0 bridgehead atoms. The molecule has 3 aromatic rings. The predicted octanol–water partition coefficient (Wildman–Crippen LogP) is 1.77. The summed E-state index contributed by atoms with van der Waals surface area (Å²) in [5, 5.41) is 16.8. The molecule has 0 aliphatic carbocycles. The predicted molar refractivity (Wildman–Crippen MR) is 114 cm³/mol. The molecule has 1 unspecified atom stereocenters. The van der Waals surface area contributed by atoms with E-state index in [0.29, 0.717) is 24.4 Å². The Morgan fingerprint density at radius 1 is 1.03 bits per heavy atom. The van der Waals surface area contributed by atoms with E-state index in [1.807, 2.05) is 6.07 Å². The number of aromatic nitrogens is 2. The van der Waals surface area contributed by atoms with E-state index in [1.165, 1.54) is 23.0 Å². The van der Waals surface area contributed by atoms with Crippen molar-refractivity contribution in [3.05, 3.63) is 72.1 Å². The number of para-hydroxylation sites is 1. The van der Waals surface area contributed by atoms with Gasteiger partial charge in [-0.2, -0.15) is 5.10 Å². The van der Waals surface area contributed by atoms with E-state index in [4.69, 9.17) is 4.74 Å². The first-order valence-electron chi connectivity index (χ1n) is 9.98. The van der Waals surface area contributed by atoms with Crippen molar-refractivity contribution in [1.29, 1.82) is 0 Å². The van der Waals surface area contributed by atoms with Crippen LogP contribution in [0.25, 0.3) is 5.69 Å². The smallest absolute Gasteiger partial charge is 0.294 e. The second kappa shape index (κ2) is 9.31. The summed E-state index contributed by atoms with van der Waals surface area (Å²) in [7, 11) is 0. The van der Waals surface area contributed by atoms with E-state index in [2.05, 4.69) is 21.3 Å². The monoisotopic (exact) mass is 435 g/mol. The molecule has 3 amide bonds. The molecule has 1 fully saturated rings. The summed E-state index contributed by atoms with van der Waals surface area (Å²) in [5.74, 6) is -1.99. The largest absolute Gasteiger partial charge is 0.504 e. The first-order chi connectivity index (χ1) is 15.5. The summed E-state index contributed by atoms with van der Waals surface area (Å²) < 4.78 is 6.70. The number of hydrazine groups is 1. The highest BCUT2D eigenvalue weighted by Crippen LogP contribution is 2.18. The number of hydrogen-bond acceptors (Lipinski definition) is 6. The van der Waals surface area contributed by atoms with Gasteiger partial charge in [0.05, 0.1) is 11.9 Å². The number of anilines is 1. The molecular formula is C22H21N5O5. The number of carbonyl (C=O) groups is 3. The van der Waals surface area contributed by atoms with Crippen molar-refractivity contribution in [2.24, 2.45) is 0 Å². The van der Waals surface area contributed by atoms with Gasteiger partial charge in [-0.15, -0.1) is 0 Å². The van der Waals surface area contributed by atoms with E-state index < -0.39 is 17.9 Å². The summed E-state index contributed by atoms with van der Waals surface area (Å²) in [6.45, 7) is 0.555. The topological polar surface area (TPSA) is 135 Å². The van der Waals surface area contributed by atoms with Crippen LogP contribution in [0.3, 0.4) is 0 Å². The molecule has 4 rings (SSSR count). The zero-order valence-electron chi connectivity index (χ0n) is 16.9. The van der Waals surface area contributed by atoms with Gasteiger partial charge in [0.15, 0.2) is 11.4 Å². The minimum Gasteiger partial charge on any atom is -0.504 e. The molecule has 10 heteroatoms. The molecule has 164 valence electrons. The number of nitrogens with one attached hydrogen (secondary N) is 3. The van der Waals surface area contributed by atoms with Crippen LogP contribution in [-0.2, 0) is 9.53 Å². The van der Waals surface area contributed by atoms with Crippen molar-refractivity contribution in [3.63, 3.8) is 0 Å². The summed E-state index contributed by atoms with van der Waals surface area (Å²) >= 11 is 0. The second-order valence-corrected chi connectivity index (χ2v) is 7.12. The standard InChI is InChI=1S/C22H21N5O5/c28-17-13-27(16-8-2-1-3-9-16)26-19(17)22(31)25-24-20(29)14-6-4-7-15(12-14)23-21(30)18-10-5-11-32-18/h1-4,6-9,12-13,18,28H,5,10-11H2,(H,23,30)(H,24,29)(H,25,31). The van der Waals surface area contributed by atoms with Crippen LogP contribution in [0.2, 0.25) is 0 Å². The maximum Gasteiger partial charge on any atom is 0.294 e. The fourth-order valence-electron chi connectivity index (χ4n) is 3.23. The van der Waals surface area contributed by atoms with Crippen LogP contribution in [0.5, 0.6) is 5.75 Å². The molecule has 2 aromatic carbocycles. The van der Waals surface area contributed by atoms with E-state index in [1.54, 1.807) is 36.4 Å². The quantitative estimate of drug-likeness (QED) is 0.451. The Morgan fingerprint density at radius 2 is 1.81 bits per heavy atom. The van der Waals surface area contributed by atoms with Gasteiger partial charge in [-0.3, -0.25) is 25.2 Å². The maximum absolute atomic E-state index is 12.4. The van der Waals surface area contributed by atoms with Crippen LogP contribution >= 0.6 is 0 Å². The first kappa shape index (κ1) is 21.1. The normalized spacial score (nSPS) is 15.2. The average Bonchev–Trinajstić information content (AvgIpc) is 3.48. The van der Waals surface area contributed by atoms with E-state index in [-0.39, 0.29) is 22.9 Å². The SMILES string of the molecule is O=C(NNC(=O)c1nn(-c2ccccc2)cc1O)c1cccc(NC(=O)C2CCCO2)c1. The van der Waals surface area contributed by atoms with Crippen molar-refractivity contribution in [3.8, 4) is 11.4 Å². The zero-order valence-corrected chi connectivity index (χ0v) is 16.9. The number of hydrogen-bond donors (Lipinski definition) is 4. The van der Waals surface area contributed by atoms with Gasteiger partial charge in [0.1, 0.15) is 6.10 Å². The highest BCUT2D eigenvalue weighted by molar-refractivity contribution is 6.00. The highest BCUT2D eigenvalue weighted by Gasteiger charge is 2.24. The molecule has 0 radical (unpaired) electrons. The van der Waals surface area contributed by atoms with E-state index >= 15 is 0 Å². The third-order valence-electron chi connectivity index (χ3n) is 4.83. The Morgan fingerprint density at radius 3 is 2.56 bits per heavy atom. The Bertz CT molecular complexity index is 1140. The van der Waals surface area contributed by atoms with Crippen molar-refractivity contribution < 1.29 is 24.2 Å². The Labute approximate surface area is 183 Å². The fourth-order valence-corrected chi connectivity index (χ4v) is 3.23. The number of carbonyl (C=O) groups excluding carboxylic acids is 3. The van der Waals surface area contributed by atoms with E-state index in [9.17, 15) is 19.5 Å². The van der Waals surface area contributed by atoms with Gasteiger partial charge < -0.3 is 15.2 Å². The first-order valence-corrected chi connectivity index (χ1v) is 9.98. The van der Waals surface area contributed by atoms with Crippen molar-refractivity contribution in [1.82, 2.24) is 20.6 Å². The molecule has 1 aliphatic heterocycles. The Kier molecular flexibility index (Phi) is 6.13. The average molecular weight is 435 g/mol. The Balaban J connectivity index is 1.37. The van der Waals surface area contributed by atoms with Gasteiger partial charge in [-0.1, -0.05) is 24.3 Å². The summed E-state index contributed by atoms with van der Waals surface area (Å²) in [4.78, 5) is 37.0. The minimum absolute atomic E-state index is 0.217. The van der Waals surface area contributed by atoms with Gasteiger partial charge in [0, 0.05) is 17.9 Å². The fraction of sp³-hybridized carbons (Fsp3) is 0.182. The number of rotatable bonds is 5. The van der Waals surface area contributed by atoms with Crippen LogP contribution < -0.4 is 16.2 Å². The van der Waals surface area contributed by atoms with Crippen LogP contribution in [0, 0.1) is 0 Å². The lowest BCUT2D eigenvalue weighted by molar-refractivity contribution is -0.124. The molecular weight excluding hydrogens is 414 g/mol. The number of aromatic hydroxyl groups is 1. The molecule has 32 heavy (non-hydrogen) atoms. The highest BCUT2D eigenvalue weighted by atomic mass is 16.5. The van der Waals surface area contributed by atoms with Gasteiger partial charge in [0.25, 0.3) is 17.7 Å². The molecule has 1 aromatic heterocycles. The summed E-state index contributed by atoms with van der Waals surface area (Å²) in [6.07, 6.45) is 2.30. The molecule has 1 aliphatic rings. The molecule has 0 saturated carbocycles. The molecule has 1 saturated heterocycles. The lowest BCUT2D eigenvalue weighted by atomic mass is 10.1. The van der Waals surface area contributed by atoms with Crippen LogP contribution in [0.4, 0.5) is 5.69 Å². The van der Waals surface area contributed by atoms with Crippen LogP contribution in [-0.4, -0.2) is 45.3 Å². The second-order valence-electron chi connectivity index (χ2n) is 7.12. The summed E-state index contributed by atoms with van der Waals surface area (Å²) in [6, 6.07) is 15.2. The lowest BCUT2D eigenvalue weighted by Crippen LogP contribution is -2.41. The number of amides is 3. The van der Waals surface area contributed by atoms with Gasteiger partial charge in [-0.05, 0) is 43.2 Å². The van der Waals surface area contributed by atoms with Crippen molar-refractivity contribution in [2.75, 3.05) is 11.9 Å². The van der Waals surface area contributed by atoms with Gasteiger partial charge >= 0.3 is 0 Å². The molecule has 2 heterocycles. The third-order valence-corrected chi connectivity index (χ3v) is 4.83. The van der Waals surface area contributed by atoms with Crippen molar-refractivity contribution >= 4 is 23.4 Å². The Hall–Kier alpha value is -4.18. The molecule has 10 nitrogen and oxygen atoms in total. The number of nitrogens with zero attached hydrogens (tertiary/aromatic N) is 2. The summed E-state index contributed by atoms with van der Waals surface area (Å²) in [5.41, 5.74) is 5.57. The number of ether oxygens (including phenoxy) is 1. The van der Waals surface area contributed by atoms with Gasteiger partial charge in [-0.25, -0.2) is 4.68 Å². The number of benzene rings is 2. The van der Waals surface area contributed by atoms with Crippen LogP contribution in [0.1, 0.15) is 33.7 Å². The van der Waals surface area contributed by atoms with E-state index in [0.717, 1.165) is 6.42 Å². The molecule has 1 atom stereocenters. The third kappa shape index (κ3) is 4.76.